The number of rotatable bonds is 10. The molecule has 448 valence electrons. The molecule has 0 aromatic heterocycles. The molecule has 0 heterocycles. The van der Waals surface area contributed by atoms with Gasteiger partial charge in [-0.05, 0) is 194 Å². The fourth-order valence-corrected chi connectivity index (χ4v) is 14.9. The molecule has 0 bridgehead atoms. The summed E-state index contributed by atoms with van der Waals surface area (Å²) < 4.78 is 0. The highest BCUT2D eigenvalue weighted by Crippen LogP contribution is 2.48. The summed E-state index contributed by atoms with van der Waals surface area (Å²) >= 11 is 0. The first-order valence-electron chi connectivity index (χ1n) is 33.2. The summed E-state index contributed by atoms with van der Waals surface area (Å²) in [6.45, 7) is 0. The van der Waals surface area contributed by atoms with E-state index in [2.05, 4.69) is 388 Å². The molecule has 18 aromatic rings. The summed E-state index contributed by atoms with van der Waals surface area (Å²) in [5.41, 5.74) is 24.8. The maximum Gasteiger partial charge on any atom is -0.00261 e. The number of hydrogen-bond donors (Lipinski definition) is 0. The first-order chi connectivity index (χ1) is 47.6. The van der Waals surface area contributed by atoms with Crippen LogP contribution in [0.1, 0.15) is 0 Å². The molecule has 0 heteroatoms. The maximum absolute atomic E-state index is 2.42. The Labute approximate surface area is 560 Å². The lowest BCUT2D eigenvalue weighted by Gasteiger charge is -2.19. The van der Waals surface area contributed by atoms with Gasteiger partial charge in [-0.25, -0.2) is 0 Å². The average Bonchev–Trinajstić information content (AvgIpc) is 0.767. The monoisotopic (exact) mass is 1220 g/mol. The van der Waals surface area contributed by atoms with Crippen molar-refractivity contribution >= 4 is 64.6 Å². The Hall–Kier alpha value is -12.5. The van der Waals surface area contributed by atoms with E-state index < -0.39 is 0 Å². The standard InChI is InChI=1S/2C48H32/c1-3-13-33(14-4-1)38-19-11-20-39(31-38)34-25-27-37(28-26-34)48-44-23-10-9-22-43(44)47(36-16-5-2-6-17-36)45-30-29-40(32-46(45)48)42-24-12-18-35-15-7-8-21-41(35)42;1-3-14-33(15-4-1)39-21-9-10-22-41(39)35-26-28-37(29-27-35)48-44-24-12-11-23-43(44)47(36-17-5-2-6-18-36)45-31-30-38(32-46(45)48)42-25-13-19-34-16-7-8-20-40(34)42/h2*1-32H. The molecular formula is C96H64. The van der Waals surface area contributed by atoms with Gasteiger partial charge in [0, 0.05) is 0 Å². The van der Waals surface area contributed by atoms with Gasteiger partial charge in [0.15, 0.2) is 0 Å². The summed E-state index contributed by atoms with van der Waals surface area (Å²) in [6, 6.07) is 141. The molecule has 0 nitrogen and oxygen atoms in total. The third-order valence-electron chi connectivity index (χ3n) is 19.3. The minimum atomic E-state index is 1.21. The molecule has 0 aliphatic carbocycles. The molecule has 0 aliphatic rings. The molecule has 0 fully saturated rings. The van der Waals surface area contributed by atoms with E-state index in [1.807, 2.05) is 0 Å². The molecule has 0 N–H and O–H groups in total. The second kappa shape index (κ2) is 25.2. The van der Waals surface area contributed by atoms with Crippen LogP contribution in [0.3, 0.4) is 0 Å². The largest absolute Gasteiger partial charge is 0.0622 e. The van der Waals surface area contributed by atoms with Gasteiger partial charge in [-0.2, -0.15) is 0 Å². The zero-order valence-electron chi connectivity index (χ0n) is 53.0. The van der Waals surface area contributed by atoms with Crippen LogP contribution < -0.4 is 0 Å². The van der Waals surface area contributed by atoms with E-state index in [1.54, 1.807) is 0 Å². The Morgan fingerprint density at radius 1 is 0.104 bits per heavy atom. The van der Waals surface area contributed by atoms with Gasteiger partial charge >= 0.3 is 0 Å². The number of benzene rings is 18. The molecule has 0 saturated carbocycles. The molecule has 0 amide bonds. The third kappa shape index (κ3) is 10.7. The number of fused-ring (bicyclic) bond motifs is 6. The maximum atomic E-state index is 2.42. The van der Waals surface area contributed by atoms with Crippen LogP contribution in [-0.2, 0) is 0 Å². The summed E-state index contributed by atoms with van der Waals surface area (Å²) in [7, 11) is 0. The second-order valence-electron chi connectivity index (χ2n) is 24.9. The van der Waals surface area contributed by atoms with Gasteiger partial charge in [-0.1, -0.05) is 370 Å². The van der Waals surface area contributed by atoms with Gasteiger partial charge < -0.3 is 0 Å². The lowest BCUT2D eigenvalue weighted by molar-refractivity contribution is 1.58. The highest BCUT2D eigenvalue weighted by Gasteiger charge is 2.21. The van der Waals surface area contributed by atoms with E-state index in [1.165, 1.54) is 176 Å². The van der Waals surface area contributed by atoms with E-state index in [0.717, 1.165) is 0 Å². The predicted octanol–water partition coefficient (Wildman–Crippen LogP) is 27.0. The number of hydrogen-bond acceptors (Lipinski definition) is 0. The van der Waals surface area contributed by atoms with E-state index >= 15 is 0 Å². The van der Waals surface area contributed by atoms with Crippen molar-refractivity contribution in [3.8, 4) is 111 Å². The Bertz CT molecular complexity index is 5880. The van der Waals surface area contributed by atoms with Crippen LogP contribution in [0, 0.1) is 0 Å². The van der Waals surface area contributed by atoms with Gasteiger partial charge in [0.1, 0.15) is 0 Å². The first kappa shape index (κ1) is 57.4. The Morgan fingerprint density at radius 2 is 0.344 bits per heavy atom. The molecule has 18 aromatic carbocycles. The van der Waals surface area contributed by atoms with Crippen molar-refractivity contribution in [2.75, 3.05) is 0 Å². The lowest BCUT2D eigenvalue weighted by Crippen LogP contribution is -1.92. The second-order valence-corrected chi connectivity index (χ2v) is 24.9. The SMILES string of the molecule is c1ccc(-c2cccc(-c3ccc(-c4c5ccccc5c(-c5ccccc5)c5ccc(-c6cccc7ccccc67)cc45)cc3)c2)cc1.c1ccc(-c2ccccc2-c2ccc(-c3c4ccccc4c(-c4ccccc4)c4ccc(-c5cccc6ccccc56)cc34)cc2)cc1. The van der Waals surface area contributed by atoms with Crippen molar-refractivity contribution in [3.05, 3.63) is 388 Å². The van der Waals surface area contributed by atoms with Crippen LogP contribution in [0.25, 0.3) is 176 Å². The minimum absolute atomic E-state index is 1.21. The third-order valence-corrected chi connectivity index (χ3v) is 19.3. The Morgan fingerprint density at radius 3 is 0.771 bits per heavy atom. The summed E-state index contributed by atoms with van der Waals surface area (Å²) in [4.78, 5) is 0. The van der Waals surface area contributed by atoms with Crippen LogP contribution in [0.2, 0.25) is 0 Å². The highest BCUT2D eigenvalue weighted by atomic mass is 14.2. The van der Waals surface area contributed by atoms with Crippen LogP contribution in [-0.4, -0.2) is 0 Å². The molecule has 0 spiro atoms. The van der Waals surface area contributed by atoms with E-state index in [-0.39, 0.29) is 0 Å². The van der Waals surface area contributed by atoms with Crippen molar-refractivity contribution in [1.82, 2.24) is 0 Å². The van der Waals surface area contributed by atoms with E-state index in [4.69, 9.17) is 0 Å². The van der Waals surface area contributed by atoms with Gasteiger partial charge in [-0.3, -0.25) is 0 Å². The van der Waals surface area contributed by atoms with Gasteiger partial charge in [0.25, 0.3) is 0 Å². The minimum Gasteiger partial charge on any atom is -0.0622 e. The molecule has 18 rings (SSSR count). The molecule has 96 heavy (non-hydrogen) atoms. The zero-order chi connectivity index (χ0) is 63.7. The normalized spacial score (nSPS) is 11.3. The quantitative estimate of drug-likeness (QED) is 0.120. The molecule has 0 unspecified atom stereocenters. The predicted molar refractivity (Wildman–Crippen MR) is 412 cm³/mol. The fourth-order valence-electron chi connectivity index (χ4n) is 14.9. The summed E-state index contributed by atoms with van der Waals surface area (Å²) in [5.74, 6) is 0. The van der Waals surface area contributed by atoms with Crippen molar-refractivity contribution < 1.29 is 0 Å². The van der Waals surface area contributed by atoms with Crippen LogP contribution in [0.4, 0.5) is 0 Å². The van der Waals surface area contributed by atoms with Crippen molar-refractivity contribution in [3.63, 3.8) is 0 Å². The topological polar surface area (TPSA) is 0 Å². The Kier molecular flexibility index (Phi) is 15.1. The van der Waals surface area contributed by atoms with E-state index in [9.17, 15) is 0 Å². The smallest absolute Gasteiger partial charge is 0.00261 e. The lowest BCUT2D eigenvalue weighted by atomic mass is 9.84. The Balaban J connectivity index is 0.000000145. The highest BCUT2D eigenvalue weighted by molar-refractivity contribution is 6.24. The zero-order valence-corrected chi connectivity index (χ0v) is 53.0. The molecular weight excluding hydrogens is 1150 g/mol. The molecule has 0 aliphatic heterocycles. The van der Waals surface area contributed by atoms with Gasteiger partial charge in [0.05, 0.1) is 0 Å². The average molecular weight is 1220 g/mol. The van der Waals surface area contributed by atoms with Crippen molar-refractivity contribution in [2.24, 2.45) is 0 Å². The van der Waals surface area contributed by atoms with Crippen molar-refractivity contribution in [1.29, 1.82) is 0 Å². The fraction of sp³-hybridized carbons (Fsp3) is 0. The molecule has 0 atom stereocenters. The van der Waals surface area contributed by atoms with Crippen LogP contribution >= 0.6 is 0 Å². The van der Waals surface area contributed by atoms with Crippen molar-refractivity contribution in [2.45, 2.75) is 0 Å². The van der Waals surface area contributed by atoms with Gasteiger partial charge in [-0.15, -0.1) is 0 Å². The summed E-state index contributed by atoms with van der Waals surface area (Å²) in [6.07, 6.45) is 0. The van der Waals surface area contributed by atoms with Crippen LogP contribution in [0.5, 0.6) is 0 Å². The van der Waals surface area contributed by atoms with Crippen LogP contribution in [0.15, 0.2) is 388 Å². The molecule has 0 radical (unpaired) electrons. The summed E-state index contributed by atoms with van der Waals surface area (Å²) in [5, 5.41) is 15.2. The molecule has 0 saturated heterocycles. The first-order valence-corrected chi connectivity index (χ1v) is 33.2. The van der Waals surface area contributed by atoms with E-state index in [0.29, 0.717) is 0 Å². The van der Waals surface area contributed by atoms with Gasteiger partial charge in [0.2, 0.25) is 0 Å².